The summed E-state index contributed by atoms with van der Waals surface area (Å²) in [7, 11) is 0. The van der Waals surface area contributed by atoms with Gasteiger partial charge in [0.25, 0.3) is 0 Å². The van der Waals surface area contributed by atoms with Crippen LogP contribution in [0.4, 0.5) is 0 Å². The molecule has 2 rings (SSSR count). The Kier molecular flexibility index (Phi) is 6.97. The second-order valence-corrected chi connectivity index (χ2v) is 6.89. The second-order valence-electron chi connectivity index (χ2n) is 6.89. The molecule has 0 saturated carbocycles. The van der Waals surface area contributed by atoms with Crippen molar-refractivity contribution in [3.8, 4) is 0 Å². The molecule has 0 atom stereocenters. The predicted molar refractivity (Wildman–Crippen MR) is 113 cm³/mol. The molecular formula is C24H29NO. The second kappa shape index (κ2) is 9.19. The molecule has 0 spiro atoms. The van der Waals surface area contributed by atoms with E-state index in [-0.39, 0.29) is 0 Å². The first kappa shape index (κ1) is 19.7. The summed E-state index contributed by atoms with van der Waals surface area (Å²) >= 11 is 0. The molecule has 26 heavy (non-hydrogen) atoms. The molecule has 2 heteroatoms. The molecule has 1 aromatic carbocycles. The van der Waals surface area contributed by atoms with Crippen molar-refractivity contribution in [2.45, 2.75) is 46.5 Å². The zero-order valence-corrected chi connectivity index (χ0v) is 16.3. The van der Waals surface area contributed by atoms with E-state index in [1.807, 2.05) is 25.1 Å². The summed E-state index contributed by atoms with van der Waals surface area (Å²) in [5.41, 5.74) is 7.10. The van der Waals surface area contributed by atoms with Gasteiger partial charge in [0.05, 0.1) is 0 Å². The minimum atomic E-state index is 0.483. The van der Waals surface area contributed by atoms with E-state index >= 15 is 0 Å². The number of aromatic nitrogens is 1. The minimum Gasteiger partial charge on any atom is -0.358 e. The monoisotopic (exact) mass is 347 g/mol. The van der Waals surface area contributed by atoms with Crippen LogP contribution in [-0.4, -0.2) is 11.3 Å². The van der Waals surface area contributed by atoms with Gasteiger partial charge in [-0.15, -0.1) is 0 Å². The number of H-pyrrole nitrogens is 1. The van der Waals surface area contributed by atoms with Crippen LogP contribution in [0.5, 0.6) is 0 Å². The summed E-state index contributed by atoms with van der Waals surface area (Å²) in [4.78, 5) is 14.8. The van der Waals surface area contributed by atoms with Crippen molar-refractivity contribution in [3.63, 3.8) is 0 Å². The summed E-state index contributed by atoms with van der Waals surface area (Å²) in [5.74, 6) is 0.483. The molecule has 0 saturated heterocycles. The van der Waals surface area contributed by atoms with Gasteiger partial charge in [0.15, 0.2) is 6.29 Å². The number of nitrogens with one attached hydrogen (secondary N) is 1. The lowest BCUT2D eigenvalue weighted by atomic mass is 9.96. The highest BCUT2D eigenvalue weighted by Gasteiger charge is 2.10. The molecule has 0 fully saturated rings. The maximum absolute atomic E-state index is 11.4. The van der Waals surface area contributed by atoms with Crippen LogP contribution in [0.3, 0.4) is 0 Å². The van der Waals surface area contributed by atoms with Gasteiger partial charge in [-0.1, -0.05) is 70.2 Å². The first-order chi connectivity index (χ1) is 12.5. The van der Waals surface area contributed by atoms with E-state index in [9.17, 15) is 4.79 Å². The molecule has 0 aliphatic heterocycles. The number of aryl methyl sites for hydroxylation is 1. The van der Waals surface area contributed by atoms with Gasteiger partial charge in [-0.2, -0.15) is 0 Å². The molecule has 1 heterocycles. The van der Waals surface area contributed by atoms with E-state index in [4.69, 9.17) is 0 Å². The van der Waals surface area contributed by atoms with Crippen LogP contribution in [-0.2, 0) is 6.42 Å². The number of carbonyl (C=O) groups is 1. The van der Waals surface area contributed by atoms with Gasteiger partial charge in [0, 0.05) is 17.0 Å². The third-order valence-electron chi connectivity index (χ3n) is 4.47. The van der Waals surface area contributed by atoms with E-state index in [0.717, 1.165) is 52.8 Å². The Hall–Kier alpha value is -2.61. The van der Waals surface area contributed by atoms with Crippen molar-refractivity contribution in [1.82, 2.24) is 4.98 Å². The zero-order valence-electron chi connectivity index (χ0n) is 16.3. The molecule has 2 nitrogen and oxygen atoms in total. The largest absolute Gasteiger partial charge is 0.358 e. The topological polar surface area (TPSA) is 32.9 Å². The number of carbonyl (C=O) groups excluding carboxylic acids is 1. The minimum absolute atomic E-state index is 0.483. The van der Waals surface area contributed by atoms with Gasteiger partial charge in [-0.3, -0.25) is 4.79 Å². The number of rotatable bonds is 8. The molecule has 0 radical (unpaired) electrons. The van der Waals surface area contributed by atoms with Crippen molar-refractivity contribution in [2.75, 3.05) is 0 Å². The summed E-state index contributed by atoms with van der Waals surface area (Å²) < 4.78 is 0. The first-order valence-electron chi connectivity index (χ1n) is 9.31. The van der Waals surface area contributed by atoms with Gasteiger partial charge in [0.1, 0.15) is 0 Å². The molecule has 2 aromatic rings. The smallest absolute Gasteiger partial charge is 0.151 e. The van der Waals surface area contributed by atoms with Crippen LogP contribution in [0, 0.1) is 0 Å². The third kappa shape index (κ3) is 4.72. The molecule has 0 amide bonds. The van der Waals surface area contributed by atoms with E-state index in [2.05, 4.69) is 62.7 Å². The first-order valence-corrected chi connectivity index (χ1v) is 9.31. The fourth-order valence-corrected chi connectivity index (χ4v) is 2.99. The predicted octanol–water partition coefficient (Wildman–Crippen LogP) is 6.58. The molecular weight excluding hydrogens is 318 g/mol. The Balaban J connectivity index is 2.42. The van der Waals surface area contributed by atoms with Crippen molar-refractivity contribution in [2.24, 2.45) is 0 Å². The number of aromatic amines is 1. The summed E-state index contributed by atoms with van der Waals surface area (Å²) in [5, 5.41) is 0. The number of benzene rings is 1. The fraction of sp³-hybridized carbons (Fsp3) is 0.292. The number of allylic oxidation sites excluding steroid dienone is 5. The highest BCUT2D eigenvalue weighted by Crippen LogP contribution is 2.26. The highest BCUT2D eigenvalue weighted by molar-refractivity contribution is 5.88. The van der Waals surface area contributed by atoms with Crippen molar-refractivity contribution in [1.29, 1.82) is 0 Å². The van der Waals surface area contributed by atoms with E-state index in [1.54, 1.807) is 0 Å². The average Bonchev–Trinajstić information content (AvgIpc) is 3.04. The molecule has 0 aliphatic rings. The maximum atomic E-state index is 11.4. The van der Waals surface area contributed by atoms with Crippen LogP contribution in [0.15, 0.2) is 55.1 Å². The van der Waals surface area contributed by atoms with Crippen LogP contribution in [0.1, 0.15) is 72.9 Å². The average molecular weight is 348 g/mol. The van der Waals surface area contributed by atoms with Crippen molar-refractivity contribution in [3.05, 3.63) is 83.2 Å². The van der Waals surface area contributed by atoms with Crippen LogP contribution in [0.2, 0.25) is 0 Å². The lowest BCUT2D eigenvalue weighted by molar-refractivity contribution is 0.112. The van der Waals surface area contributed by atoms with Crippen molar-refractivity contribution < 1.29 is 4.79 Å². The Morgan fingerprint density at radius 3 is 2.65 bits per heavy atom. The Morgan fingerprint density at radius 2 is 2.04 bits per heavy atom. The molecule has 136 valence electrons. The highest BCUT2D eigenvalue weighted by atomic mass is 16.1. The third-order valence-corrected chi connectivity index (χ3v) is 4.47. The molecule has 0 aliphatic carbocycles. The van der Waals surface area contributed by atoms with Crippen molar-refractivity contribution >= 4 is 17.4 Å². The quantitative estimate of drug-likeness (QED) is 0.425. The van der Waals surface area contributed by atoms with Gasteiger partial charge in [-0.25, -0.2) is 0 Å². The SMILES string of the molecule is C=C(/C=C(\C=C/C)c1cc(C=O)c(CCC)[nH]1)c1cccc(C(C)C)c1. The lowest BCUT2D eigenvalue weighted by Gasteiger charge is -2.09. The fourth-order valence-electron chi connectivity index (χ4n) is 2.99. The van der Waals surface area contributed by atoms with Crippen LogP contribution in [0.25, 0.3) is 11.1 Å². The van der Waals surface area contributed by atoms with Gasteiger partial charge < -0.3 is 4.98 Å². The lowest BCUT2D eigenvalue weighted by Crippen LogP contribution is -1.91. The maximum Gasteiger partial charge on any atom is 0.151 e. The van der Waals surface area contributed by atoms with E-state index in [1.165, 1.54) is 5.56 Å². The standard InChI is InChI=1S/C24H29NO/c1-6-9-21(24-15-22(16-26)23(25-24)10-7-2)13-18(5)20-12-8-11-19(14-20)17(3)4/h6,8-9,11-17,25H,5,7,10H2,1-4H3/b9-6-,21-13+. The molecule has 0 unspecified atom stereocenters. The molecule has 1 N–H and O–H groups in total. The normalized spacial score (nSPS) is 12.1. The summed E-state index contributed by atoms with van der Waals surface area (Å²) in [6.07, 6.45) is 8.93. The van der Waals surface area contributed by atoms with Gasteiger partial charge in [-0.05, 0) is 53.7 Å². The molecule has 0 bridgehead atoms. The van der Waals surface area contributed by atoms with Crippen LogP contribution >= 0.6 is 0 Å². The number of aldehydes is 1. The number of hydrogen-bond donors (Lipinski definition) is 1. The van der Waals surface area contributed by atoms with Gasteiger partial charge in [0.2, 0.25) is 0 Å². The Morgan fingerprint density at radius 1 is 1.27 bits per heavy atom. The van der Waals surface area contributed by atoms with E-state index < -0.39 is 0 Å². The summed E-state index contributed by atoms with van der Waals surface area (Å²) in [6, 6.07) is 10.5. The Labute approximate surface area is 157 Å². The molecule has 1 aromatic heterocycles. The van der Waals surface area contributed by atoms with Gasteiger partial charge >= 0.3 is 0 Å². The Bertz CT molecular complexity index is 834. The summed E-state index contributed by atoms with van der Waals surface area (Å²) in [6.45, 7) is 12.8. The number of hydrogen-bond acceptors (Lipinski definition) is 1. The van der Waals surface area contributed by atoms with Crippen LogP contribution < -0.4 is 0 Å². The zero-order chi connectivity index (χ0) is 19.1. The van der Waals surface area contributed by atoms with E-state index in [0.29, 0.717) is 5.92 Å².